The first-order chi connectivity index (χ1) is 3.00. The molecule has 0 aromatic carbocycles. The predicted octanol–water partition coefficient (Wildman–Crippen LogP) is 2.09. The predicted molar refractivity (Wildman–Crippen MR) is 32.5 cm³/mol. The highest BCUT2D eigenvalue weighted by Crippen LogP contribution is 2.26. The molecule has 0 unspecified atom stereocenters. The van der Waals surface area contributed by atoms with Gasteiger partial charge in [0.25, 0.3) is 0 Å². The van der Waals surface area contributed by atoms with Gasteiger partial charge >= 0.3 is 0 Å². The standard InChI is InChI=1S/C4H5S2/c1-2-4-6-5-3-1/h1H,2,4H2. The Hall–Kier alpha value is 0.440. The van der Waals surface area contributed by atoms with Gasteiger partial charge in [0, 0.05) is 11.2 Å². The van der Waals surface area contributed by atoms with Crippen LogP contribution in [0, 0.1) is 5.41 Å². The summed E-state index contributed by atoms with van der Waals surface area (Å²) in [6.07, 6.45) is 3.29. The zero-order valence-corrected chi connectivity index (χ0v) is 4.94. The molecule has 0 spiro atoms. The molecule has 0 aromatic heterocycles. The zero-order valence-electron chi connectivity index (χ0n) is 3.31. The largest absolute Gasteiger partial charge is 0.0886 e. The Morgan fingerprint density at radius 3 is 2.83 bits per heavy atom. The van der Waals surface area contributed by atoms with Crippen LogP contribution in [0.1, 0.15) is 6.42 Å². The summed E-state index contributed by atoms with van der Waals surface area (Å²) >= 11 is 0. The van der Waals surface area contributed by atoms with Crippen LogP contribution in [0.2, 0.25) is 0 Å². The van der Waals surface area contributed by atoms with E-state index in [-0.39, 0.29) is 0 Å². The maximum atomic E-state index is 3.04. The molecule has 0 nitrogen and oxygen atoms in total. The molecule has 1 rings (SSSR count). The number of allylic oxidation sites excluding steroid dienone is 1. The summed E-state index contributed by atoms with van der Waals surface area (Å²) in [6, 6.07) is 0. The molecule has 1 aliphatic heterocycles. The van der Waals surface area contributed by atoms with Crippen molar-refractivity contribution >= 4 is 21.6 Å². The van der Waals surface area contributed by atoms with Crippen LogP contribution in [0.5, 0.6) is 0 Å². The van der Waals surface area contributed by atoms with Crippen LogP contribution < -0.4 is 0 Å². The SMILES string of the molecule is [C]1=CCCSS1. The second kappa shape index (κ2) is 2.59. The molecule has 0 saturated heterocycles. The molecule has 0 atom stereocenters. The Labute approximate surface area is 45.8 Å². The molecule has 0 fully saturated rings. The minimum Gasteiger partial charge on any atom is -0.0886 e. The van der Waals surface area contributed by atoms with Crippen molar-refractivity contribution in [3.05, 3.63) is 11.5 Å². The van der Waals surface area contributed by atoms with Gasteiger partial charge < -0.3 is 0 Å². The quantitative estimate of drug-likeness (QED) is 0.445. The Morgan fingerprint density at radius 2 is 2.67 bits per heavy atom. The highest BCUT2D eigenvalue weighted by Gasteiger charge is 1.89. The maximum Gasteiger partial charge on any atom is 0.0284 e. The van der Waals surface area contributed by atoms with Crippen molar-refractivity contribution in [1.82, 2.24) is 0 Å². The Kier molecular flexibility index (Phi) is 1.98. The first kappa shape index (κ1) is 4.60. The lowest BCUT2D eigenvalue weighted by molar-refractivity contribution is 1.25. The second-order valence-electron chi connectivity index (χ2n) is 1.02. The average Bonchev–Trinajstić information content (AvgIpc) is 1.72. The lowest BCUT2D eigenvalue weighted by Gasteiger charge is -1.95. The molecule has 2 heteroatoms. The molecule has 0 aromatic rings. The van der Waals surface area contributed by atoms with Gasteiger partial charge in [-0.1, -0.05) is 27.7 Å². The van der Waals surface area contributed by atoms with Gasteiger partial charge in [-0.3, -0.25) is 0 Å². The third kappa shape index (κ3) is 1.27. The van der Waals surface area contributed by atoms with Gasteiger partial charge in [0.2, 0.25) is 0 Å². The van der Waals surface area contributed by atoms with Gasteiger partial charge in [0.1, 0.15) is 0 Å². The summed E-state index contributed by atoms with van der Waals surface area (Å²) < 4.78 is 0. The van der Waals surface area contributed by atoms with E-state index in [0.717, 1.165) is 0 Å². The Bertz CT molecular complexity index is 50.6. The van der Waals surface area contributed by atoms with E-state index in [4.69, 9.17) is 0 Å². The van der Waals surface area contributed by atoms with Crippen molar-refractivity contribution in [1.29, 1.82) is 0 Å². The van der Waals surface area contributed by atoms with Crippen LogP contribution in [-0.4, -0.2) is 5.75 Å². The number of hydrogen-bond donors (Lipinski definition) is 0. The highest BCUT2D eigenvalue weighted by molar-refractivity contribution is 8.77. The smallest absolute Gasteiger partial charge is 0.0284 e. The second-order valence-corrected chi connectivity index (χ2v) is 3.27. The lowest BCUT2D eigenvalue weighted by atomic mass is 10.5. The fourth-order valence-electron chi connectivity index (χ4n) is 0.276. The lowest BCUT2D eigenvalue weighted by Crippen LogP contribution is -1.73. The zero-order chi connectivity index (χ0) is 4.24. The molecule has 33 valence electrons. The van der Waals surface area contributed by atoms with Crippen LogP contribution in [0.25, 0.3) is 0 Å². The van der Waals surface area contributed by atoms with E-state index >= 15 is 0 Å². The number of hydrogen-bond acceptors (Lipinski definition) is 2. The van der Waals surface area contributed by atoms with Crippen molar-refractivity contribution in [3.8, 4) is 0 Å². The molecular weight excluding hydrogens is 112 g/mol. The molecule has 0 amide bonds. The van der Waals surface area contributed by atoms with Crippen LogP contribution in [0.3, 0.4) is 0 Å². The van der Waals surface area contributed by atoms with E-state index < -0.39 is 0 Å². The fourth-order valence-corrected chi connectivity index (χ4v) is 1.77. The molecule has 0 bridgehead atoms. The minimum absolute atomic E-state index is 1.21. The first-order valence-corrected chi connectivity index (χ1v) is 4.18. The molecule has 0 aliphatic carbocycles. The molecule has 1 radical (unpaired) electrons. The molecular formula is C4H5S2. The van der Waals surface area contributed by atoms with Crippen LogP contribution in [0.15, 0.2) is 6.08 Å². The summed E-state index contributed by atoms with van der Waals surface area (Å²) in [4.78, 5) is 0. The van der Waals surface area contributed by atoms with E-state index in [9.17, 15) is 0 Å². The monoisotopic (exact) mass is 117 g/mol. The molecule has 1 aliphatic rings. The van der Waals surface area contributed by atoms with E-state index in [0.29, 0.717) is 0 Å². The number of rotatable bonds is 0. The summed E-state index contributed by atoms with van der Waals surface area (Å²) in [5.41, 5.74) is 0. The van der Waals surface area contributed by atoms with Gasteiger partial charge in [-0.05, 0) is 6.42 Å². The molecule has 0 N–H and O–H groups in total. The van der Waals surface area contributed by atoms with E-state index in [1.807, 2.05) is 10.8 Å². The first-order valence-electron chi connectivity index (χ1n) is 1.86. The topological polar surface area (TPSA) is 0 Å². The molecule has 0 saturated carbocycles. The third-order valence-electron chi connectivity index (χ3n) is 0.536. The Morgan fingerprint density at radius 1 is 1.67 bits per heavy atom. The van der Waals surface area contributed by atoms with E-state index in [1.54, 1.807) is 10.8 Å². The van der Waals surface area contributed by atoms with Crippen molar-refractivity contribution in [3.63, 3.8) is 0 Å². The van der Waals surface area contributed by atoms with E-state index in [2.05, 4.69) is 11.5 Å². The van der Waals surface area contributed by atoms with Crippen LogP contribution >= 0.6 is 21.6 Å². The van der Waals surface area contributed by atoms with Crippen LogP contribution in [-0.2, 0) is 0 Å². The third-order valence-corrected chi connectivity index (χ3v) is 2.46. The summed E-state index contributed by atoms with van der Waals surface area (Å²) in [7, 11) is 3.58. The molecule has 6 heavy (non-hydrogen) atoms. The Balaban J connectivity index is 2.26. The fraction of sp³-hybridized carbons (Fsp3) is 0.500. The normalized spacial score (nSPS) is 21.3. The highest BCUT2D eigenvalue weighted by atomic mass is 33.1. The van der Waals surface area contributed by atoms with Gasteiger partial charge in [-0.25, -0.2) is 0 Å². The van der Waals surface area contributed by atoms with Gasteiger partial charge in [-0.2, -0.15) is 0 Å². The van der Waals surface area contributed by atoms with Crippen molar-refractivity contribution in [2.24, 2.45) is 0 Å². The van der Waals surface area contributed by atoms with Gasteiger partial charge in [0.05, 0.1) is 0 Å². The van der Waals surface area contributed by atoms with Crippen molar-refractivity contribution < 1.29 is 0 Å². The average molecular weight is 117 g/mol. The van der Waals surface area contributed by atoms with Gasteiger partial charge in [0.15, 0.2) is 0 Å². The maximum absolute atomic E-state index is 3.04. The van der Waals surface area contributed by atoms with Gasteiger partial charge in [-0.15, -0.1) is 0 Å². The van der Waals surface area contributed by atoms with E-state index in [1.165, 1.54) is 12.2 Å². The minimum atomic E-state index is 1.21. The summed E-state index contributed by atoms with van der Waals surface area (Å²) in [5, 5.41) is 3.04. The summed E-state index contributed by atoms with van der Waals surface area (Å²) in [5.74, 6) is 1.26. The molecule has 1 heterocycles. The van der Waals surface area contributed by atoms with Crippen LogP contribution in [0.4, 0.5) is 0 Å². The summed E-state index contributed by atoms with van der Waals surface area (Å²) in [6.45, 7) is 0. The van der Waals surface area contributed by atoms with Crippen molar-refractivity contribution in [2.75, 3.05) is 5.75 Å². The van der Waals surface area contributed by atoms with Crippen molar-refractivity contribution in [2.45, 2.75) is 6.42 Å².